The average Bonchev–Trinajstić information content (AvgIpc) is 3.21. The molecule has 1 amide bonds. The van der Waals surface area contributed by atoms with E-state index in [1.54, 1.807) is 26.4 Å². The maximum absolute atomic E-state index is 11.9. The number of nitrogens with one attached hydrogen (secondary N) is 1. The first-order valence-corrected chi connectivity index (χ1v) is 8.69. The van der Waals surface area contributed by atoms with Gasteiger partial charge in [0.1, 0.15) is 5.75 Å². The van der Waals surface area contributed by atoms with Crippen LogP contribution < -0.4 is 19.5 Å². The Balaban J connectivity index is 1.46. The number of hydrogen-bond donors (Lipinski definition) is 1. The smallest absolute Gasteiger partial charge is 0.257 e. The number of amides is 1. The summed E-state index contributed by atoms with van der Waals surface area (Å²) < 4.78 is 21.5. The third kappa shape index (κ3) is 5.00. The van der Waals surface area contributed by atoms with Gasteiger partial charge in [0.05, 0.1) is 14.2 Å². The van der Waals surface area contributed by atoms with Gasteiger partial charge in [0.15, 0.2) is 18.1 Å². The zero-order valence-corrected chi connectivity index (χ0v) is 15.7. The van der Waals surface area contributed by atoms with Gasteiger partial charge in [-0.3, -0.25) is 4.79 Å². The van der Waals surface area contributed by atoms with Gasteiger partial charge < -0.3 is 23.9 Å². The van der Waals surface area contributed by atoms with Gasteiger partial charge >= 0.3 is 0 Å². The van der Waals surface area contributed by atoms with Crippen LogP contribution in [0.4, 0.5) is 0 Å². The molecule has 1 N–H and O–H groups in total. The van der Waals surface area contributed by atoms with E-state index in [0.29, 0.717) is 42.0 Å². The Bertz CT molecular complexity index is 925. The monoisotopic (exact) mass is 383 g/mol. The molecule has 3 rings (SSSR count). The standard InChI is InChI=1S/C20H21N3O5/c1-25-15-7-5-6-14(12-15)20-23-22-19(28-20)10-11-21-18(24)13-27-17-9-4-3-8-16(17)26-2/h3-9,12H,10-11,13H2,1-2H3,(H,21,24). The van der Waals surface area contributed by atoms with Crippen LogP contribution in [0, 0.1) is 0 Å². The highest BCUT2D eigenvalue weighted by atomic mass is 16.5. The molecule has 0 unspecified atom stereocenters. The van der Waals surface area contributed by atoms with Crippen molar-refractivity contribution in [1.29, 1.82) is 0 Å². The van der Waals surface area contributed by atoms with Gasteiger partial charge in [-0.1, -0.05) is 18.2 Å². The van der Waals surface area contributed by atoms with E-state index in [2.05, 4.69) is 15.5 Å². The lowest BCUT2D eigenvalue weighted by Crippen LogP contribution is -2.30. The van der Waals surface area contributed by atoms with Gasteiger partial charge in [-0.2, -0.15) is 0 Å². The van der Waals surface area contributed by atoms with Crippen LogP contribution in [0.15, 0.2) is 52.9 Å². The molecule has 28 heavy (non-hydrogen) atoms. The van der Waals surface area contributed by atoms with Crippen LogP contribution in [-0.2, 0) is 11.2 Å². The molecule has 2 aromatic carbocycles. The molecule has 0 atom stereocenters. The Morgan fingerprint density at radius 2 is 1.86 bits per heavy atom. The maximum atomic E-state index is 11.9. The first-order valence-electron chi connectivity index (χ1n) is 8.69. The van der Waals surface area contributed by atoms with E-state index < -0.39 is 0 Å². The van der Waals surface area contributed by atoms with E-state index in [1.165, 1.54) is 0 Å². The Hall–Kier alpha value is -3.55. The van der Waals surface area contributed by atoms with Crippen molar-refractivity contribution in [2.24, 2.45) is 0 Å². The van der Waals surface area contributed by atoms with Crippen molar-refractivity contribution in [3.05, 3.63) is 54.4 Å². The van der Waals surface area contributed by atoms with Gasteiger partial charge in [0, 0.05) is 18.5 Å². The fraction of sp³-hybridized carbons (Fsp3) is 0.250. The molecule has 0 aliphatic heterocycles. The SMILES string of the molecule is COc1cccc(-c2nnc(CCNC(=O)COc3ccccc3OC)o2)c1. The van der Waals surface area contributed by atoms with Crippen LogP contribution in [-0.4, -0.2) is 43.5 Å². The molecule has 0 saturated heterocycles. The first-order chi connectivity index (χ1) is 13.7. The average molecular weight is 383 g/mol. The number of rotatable bonds is 9. The fourth-order valence-corrected chi connectivity index (χ4v) is 2.47. The van der Waals surface area contributed by atoms with Gasteiger partial charge in [0.2, 0.25) is 11.8 Å². The Morgan fingerprint density at radius 3 is 2.64 bits per heavy atom. The number of nitrogens with zero attached hydrogens (tertiary/aromatic N) is 2. The summed E-state index contributed by atoms with van der Waals surface area (Å²) >= 11 is 0. The lowest BCUT2D eigenvalue weighted by atomic mass is 10.2. The van der Waals surface area contributed by atoms with Gasteiger partial charge in [0.25, 0.3) is 5.91 Å². The lowest BCUT2D eigenvalue weighted by molar-refractivity contribution is -0.123. The number of methoxy groups -OCH3 is 2. The molecule has 0 aliphatic rings. The normalized spacial score (nSPS) is 10.4. The van der Waals surface area contributed by atoms with Crippen molar-refractivity contribution in [1.82, 2.24) is 15.5 Å². The minimum atomic E-state index is -0.251. The molecule has 146 valence electrons. The molecule has 0 spiro atoms. The van der Waals surface area contributed by atoms with Crippen molar-refractivity contribution in [3.8, 4) is 28.7 Å². The molecule has 0 radical (unpaired) electrons. The number of hydrogen-bond acceptors (Lipinski definition) is 7. The molecule has 3 aromatic rings. The fourth-order valence-electron chi connectivity index (χ4n) is 2.47. The summed E-state index contributed by atoms with van der Waals surface area (Å²) in [6.07, 6.45) is 0.414. The summed E-state index contributed by atoms with van der Waals surface area (Å²) in [4.78, 5) is 11.9. The maximum Gasteiger partial charge on any atom is 0.257 e. The predicted molar refractivity (Wildman–Crippen MR) is 101 cm³/mol. The molecule has 8 nitrogen and oxygen atoms in total. The predicted octanol–water partition coefficient (Wildman–Crippen LogP) is 2.49. The molecule has 1 heterocycles. The summed E-state index contributed by atoms with van der Waals surface area (Å²) in [5.74, 6) is 2.38. The van der Waals surface area contributed by atoms with Crippen molar-refractivity contribution in [3.63, 3.8) is 0 Å². The summed E-state index contributed by atoms with van der Waals surface area (Å²) in [5.41, 5.74) is 0.771. The van der Waals surface area contributed by atoms with Crippen LogP contribution in [0.1, 0.15) is 5.89 Å². The number of para-hydroxylation sites is 2. The summed E-state index contributed by atoms with van der Waals surface area (Å²) in [6.45, 7) is 0.243. The zero-order chi connectivity index (χ0) is 19.8. The quantitative estimate of drug-likeness (QED) is 0.606. The second kappa shape index (κ2) is 9.40. The molecule has 8 heteroatoms. The molecular formula is C20H21N3O5. The Morgan fingerprint density at radius 1 is 1.04 bits per heavy atom. The second-order valence-electron chi connectivity index (χ2n) is 5.77. The number of ether oxygens (including phenoxy) is 3. The van der Waals surface area contributed by atoms with E-state index in [4.69, 9.17) is 18.6 Å². The summed E-state index contributed by atoms with van der Waals surface area (Å²) in [5, 5.41) is 10.8. The molecule has 0 aliphatic carbocycles. The van der Waals surface area contributed by atoms with Crippen LogP contribution in [0.25, 0.3) is 11.5 Å². The highest BCUT2D eigenvalue weighted by Crippen LogP contribution is 2.25. The Labute approximate surface area is 162 Å². The third-order valence-electron chi connectivity index (χ3n) is 3.87. The number of aromatic nitrogens is 2. The van der Waals surface area contributed by atoms with Crippen molar-refractivity contribution in [2.75, 3.05) is 27.4 Å². The minimum Gasteiger partial charge on any atom is -0.497 e. The van der Waals surface area contributed by atoms with Gasteiger partial charge in [-0.25, -0.2) is 0 Å². The van der Waals surface area contributed by atoms with Crippen LogP contribution in [0.2, 0.25) is 0 Å². The molecule has 0 fully saturated rings. The molecule has 0 bridgehead atoms. The minimum absolute atomic E-state index is 0.112. The first kappa shape index (κ1) is 19.2. The highest BCUT2D eigenvalue weighted by Gasteiger charge is 2.11. The Kier molecular flexibility index (Phi) is 6.46. The van der Waals surface area contributed by atoms with Crippen molar-refractivity contribution >= 4 is 5.91 Å². The van der Waals surface area contributed by atoms with E-state index in [1.807, 2.05) is 36.4 Å². The summed E-state index contributed by atoms with van der Waals surface area (Å²) in [7, 11) is 3.14. The highest BCUT2D eigenvalue weighted by molar-refractivity contribution is 5.77. The van der Waals surface area contributed by atoms with E-state index >= 15 is 0 Å². The molecule has 0 saturated carbocycles. The van der Waals surface area contributed by atoms with Crippen LogP contribution >= 0.6 is 0 Å². The number of benzene rings is 2. The topological polar surface area (TPSA) is 95.7 Å². The van der Waals surface area contributed by atoms with E-state index in [-0.39, 0.29) is 12.5 Å². The van der Waals surface area contributed by atoms with E-state index in [9.17, 15) is 4.79 Å². The number of carbonyl (C=O) groups is 1. The second-order valence-corrected chi connectivity index (χ2v) is 5.77. The largest absolute Gasteiger partial charge is 0.497 e. The summed E-state index contributed by atoms with van der Waals surface area (Å²) in [6, 6.07) is 14.5. The van der Waals surface area contributed by atoms with Gasteiger partial charge in [-0.15, -0.1) is 10.2 Å². The van der Waals surface area contributed by atoms with Crippen LogP contribution in [0.3, 0.4) is 0 Å². The zero-order valence-electron chi connectivity index (χ0n) is 15.7. The molecule has 1 aromatic heterocycles. The third-order valence-corrected chi connectivity index (χ3v) is 3.87. The lowest BCUT2D eigenvalue weighted by Gasteiger charge is -2.10. The van der Waals surface area contributed by atoms with Crippen molar-refractivity contribution in [2.45, 2.75) is 6.42 Å². The van der Waals surface area contributed by atoms with E-state index in [0.717, 1.165) is 5.56 Å². The van der Waals surface area contributed by atoms with Crippen molar-refractivity contribution < 1.29 is 23.4 Å². The van der Waals surface area contributed by atoms with Crippen LogP contribution in [0.5, 0.6) is 17.2 Å². The van der Waals surface area contributed by atoms with Gasteiger partial charge in [-0.05, 0) is 30.3 Å². The number of carbonyl (C=O) groups excluding carboxylic acids is 1. The molecular weight excluding hydrogens is 362 g/mol.